The van der Waals surface area contributed by atoms with Crippen LogP contribution >= 0.6 is 15.9 Å². The molecular formula is C15H10BrNO3. The van der Waals surface area contributed by atoms with Gasteiger partial charge in [0.1, 0.15) is 5.75 Å². The van der Waals surface area contributed by atoms with Gasteiger partial charge in [-0.1, -0.05) is 15.9 Å². The first-order chi connectivity index (χ1) is 9.61. The van der Waals surface area contributed by atoms with Gasteiger partial charge in [-0.2, -0.15) is 0 Å². The molecule has 0 saturated heterocycles. The van der Waals surface area contributed by atoms with Crippen LogP contribution in [0.15, 0.2) is 46.9 Å². The predicted octanol–water partition coefficient (Wildman–Crippen LogP) is 3.26. The number of hydrogen-bond donors (Lipinski definition) is 0. The van der Waals surface area contributed by atoms with Crippen molar-refractivity contribution >= 4 is 33.4 Å². The lowest BCUT2D eigenvalue weighted by Crippen LogP contribution is -2.29. The van der Waals surface area contributed by atoms with Crippen LogP contribution in [0.5, 0.6) is 5.75 Å². The van der Waals surface area contributed by atoms with Crippen LogP contribution in [0.4, 0.5) is 5.69 Å². The van der Waals surface area contributed by atoms with Crippen LogP contribution < -0.4 is 9.64 Å². The van der Waals surface area contributed by atoms with E-state index in [1.807, 2.05) is 0 Å². The second kappa shape index (κ2) is 4.76. The monoisotopic (exact) mass is 331 g/mol. The summed E-state index contributed by atoms with van der Waals surface area (Å²) in [6, 6.07) is 11.9. The second-order valence-electron chi connectivity index (χ2n) is 4.33. The Labute approximate surface area is 124 Å². The van der Waals surface area contributed by atoms with E-state index >= 15 is 0 Å². The highest BCUT2D eigenvalue weighted by Gasteiger charge is 2.36. The lowest BCUT2D eigenvalue weighted by molar-refractivity contribution is 0.0926. The Morgan fingerprint density at radius 3 is 2.25 bits per heavy atom. The van der Waals surface area contributed by atoms with Gasteiger partial charge < -0.3 is 4.74 Å². The van der Waals surface area contributed by atoms with Crippen LogP contribution in [0, 0.1) is 0 Å². The zero-order chi connectivity index (χ0) is 14.3. The van der Waals surface area contributed by atoms with Crippen molar-refractivity contribution in [2.45, 2.75) is 0 Å². The Kier molecular flexibility index (Phi) is 3.06. The average Bonchev–Trinajstić information content (AvgIpc) is 2.71. The first-order valence-corrected chi connectivity index (χ1v) is 6.73. The summed E-state index contributed by atoms with van der Waals surface area (Å²) in [7, 11) is 1.56. The molecule has 2 aromatic carbocycles. The van der Waals surface area contributed by atoms with Crippen molar-refractivity contribution < 1.29 is 14.3 Å². The fourth-order valence-electron chi connectivity index (χ4n) is 2.18. The Bertz CT molecular complexity index is 710. The molecule has 3 rings (SSSR count). The molecule has 4 nitrogen and oxygen atoms in total. The van der Waals surface area contributed by atoms with Gasteiger partial charge in [0, 0.05) is 4.47 Å². The molecule has 0 atom stereocenters. The maximum absolute atomic E-state index is 12.4. The molecule has 1 aliphatic rings. The third-order valence-corrected chi connectivity index (χ3v) is 3.67. The molecule has 5 heteroatoms. The molecule has 0 bridgehead atoms. The molecule has 20 heavy (non-hydrogen) atoms. The number of benzene rings is 2. The molecule has 0 fully saturated rings. The largest absolute Gasteiger partial charge is 0.497 e. The molecule has 2 amide bonds. The molecule has 1 aliphatic heterocycles. The maximum Gasteiger partial charge on any atom is 0.266 e. The molecule has 0 aliphatic carbocycles. The van der Waals surface area contributed by atoms with E-state index in [1.54, 1.807) is 49.6 Å². The van der Waals surface area contributed by atoms with Gasteiger partial charge in [-0.3, -0.25) is 9.59 Å². The maximum atomic E-state index is 12.4. The molecule has 2 aromatic rings. The first kappa shape index (κ1) is 12.9. The number of halogens is 1. The number of imide groups is 1. The van der Waals surface area contributed by atoms with Crippen molar-refractivity contribution in [3.8, 4) is 5.75 Å². The van der Waals surface area contributed by atoms with E-state index in [2.05, 4.69) is 15.9 Å². The number of ether oxygens (including phenoxy) is 1. The third-order valence-electron chi connectivity index (χ3n) is 3.18. The van der Waals surface area contributed by atoms with Gasteiger partial charge in [0.05, 0.1) is 23.9 Å². The molecule has 0 radical (unpaired) electrons. The smallest absolute Gasteiger partial charge is 0.266 e. The van der Waals surface area contributed by atoms with Crippen molar-refractivity contribution in [1.29, 1.82) is 0 Å². The number of amides is 2. The number of hydrogen-bond acceptors (Lipinski definition) is 3. The fourth-order valence-corrected chi connectivity index (χ4v) is 2.54. The molecule has 0 unspecified atom stereocenters. The van der Waals surface area contributed by atoms with Gasteiger partial charge in [0.25, 0.3) is 11.8 Å². The molecule has 0 saturated carbocycles. The van der Waals surface area contributed by atoms with E-state index in [0.717, 1.165) is 4.47 Å². The van der Waals surface area contributed by atoms with Gasteiger partial charge in [-0.15, -0.1) is 0 Å². The van der Waals surface area contributed by atoms with Crippen molar-refractivity contribution in [3.63, 3.8) is 0 Å². The van der Waals surface area contributed by atoms with Crippen molar-refractivity contribution in [2.75, 3.05) is 12.0 Å². The van der Waals surface area contributed by atoms with Crippen LogP contribution in [0.2, 0.25) is 0 Å². The number of carbonyl (C=O) groups excluding carboxylic acids is 2. The summed E-state index contributed by atoms with van der Waals surface area (Å²) >= 11 is 3.31. The van der Waals surface area contributed by atoms with Crippen LogP contribution in [-0.4, -0.2) is 18.9 Å². The predicted molar refractivity (Wildman–Crippen MR) is 78.3 cm³/mol. The number of rotatable bonds is 2. The molecule has 0 spiro atoms. The normalized spacial score (nSPS) is 13.6. The van der Waals surface area contributed by atoms with Gasteiger partial charge in [-0.05, 0) is 42.5 Å². The van der Waals surface area contributed by atoms with Crippen LogP contribution in [0.25, 0.3) is 0 Å². The Morgan fingerprint density at radius 2 is 1.60 bits per heavy atom. The van der Waals surface area contributed by atoms with E-state index in [9.17, 15) is 9.59 Å². The van der Waals surface area contributed by atoms with E-state index in [4.69, 9.17) is 4.74 Å². The van der Waals surface area contributed by atoms with E-state index < -0.39 is 0 Å². The summed E-state index contributed by atoms with van der Waals surface area (Å²) in [4.78, 5) is 25.9. The summed E-state index contributed by atoms with van der Waals surface area (Å²) in [5.74, 6) is 0.0623. The van der Waals surface area contributed by atoms with Gasteiger partial charge in [-0.25, -0.2) is 4.90 Å². The Hall–Kier alpha value is -2.14. The standard InChI is InChI=1S/C15H10BrNO3/c1-20-11-5-3-10(4-6-11)17-14(18)12-7-2-9(16)8-13(12)15(17)19/h2-8H,1H3. The SMILES string of the molecule is COc1ccc(N2C(=O)c3ccc(Br)cc3C2=O)cc1. The highest BCUT2D eigenvalue weighted by Crippen LogP contribution is 2.30. The lowest BCUT2D eigenvalue weighted by Gasteiger charge is -2.14. The lowest BCUT2D eigenvalue weighted by atomic mass is 10.1. The fraction of sp³-hybridized carbons (Fsp3) is 0.0667. The summed E-state index contributed by atoms with van der Waals surface area (Å²) in [6.45, 7) is 0. The molecule has 0 N–H and O–H groups in total. The first-order valence-electron chi connectivity index (χ1n) is 5.94. The third kappa shape index (κ3) is 1.91. The summed E-state index contributed by atoms with van der Waals surface area (Å²) in [6.07, 6.45) is 0. The summed E-state index contributed by atoms with van der Waals surface area (Å²) < 4.78 is 5.84. The molecular weight excluding hydrogens is 322 g/mol. The minimum absolute atomic E-state index is 0.303. The van der Waals surface area contributed by atoms with Crippen molar-refractivity contribution in [1.82, 2.24) is 0 Å². The quantitative estimate of drug-likeness (QED) is 0.793. The topological polar surface area (TPSA) is 46.6 Å². The van der Waals surface area contributed by atoms with Crippen LogP contribution in [0.3, 0.4) is 0 Å². The molecule has 100 valence electrons. The highest BCUT2D eigenvalue weighted by atomic mass is 79.9. The van der Waals surface area contributed by atoms with E-state index in [0.29, 0.717) is 22.6 Å². The summed E-state index contributed by atoms with van der Waals surface area (Å²) in [5, 5.41) is 0. The Balaban J connectivity index is 2.04. The van der Waals surface area contributed by atoms with Crippen molar-refractivity contribution in [2.24, 2.45) is 0 Å². The van der Waals surface area contributed by atoms with Gasteiger partial charge in [0.2, 0.25) is 0 Å². The highest BCUT2D eigenvalue weighted by molar-refractivity contribution is 9.10. The minimum Gasteiger partial charge on any atom is -0.497 e. The summed E-state index contributed by atoms with van der Waals surface area (Å²) in [5.41, 5.74) is 1.38. The number of carbonyl (C=O) groups is 2. The van der Waals surface area contributed by atoms with Crippen molar-refractivity contribution in [3.05, 3.63) is 58.1 Å². The zero-order valence-electron chi connectivity index (χ0n) is 10.6. The van der Waals surface area contributed by atoms with Gasteiger partial charge in [0.15, 0.2) is 0 Å². The second-order valence-corrected chi connectivity index (χ2v) is 5.25. The Morgan fingerprint density at radius 1 is 0.950 bits per heavy atom. The van der Waals surface area contributed by atoms with Gasteiger partial charge >= 0.3 is 0 Å². The molecule has 1 heterocycles. The van der Waals surface area contributed by atoms with Crippen LogP contribution in [-0.2, 0) is 0 Å². The molecule has 0 aromatic heterocycles. The number of methoxy groups -OCH3 is 1. The average molecular weight is 332 g/mol. The van der Waals surface area contributed by atoms with Crippen LogP contribution in [0.1, 0.15) is 20.7 Å². The van der Waals surface area contributed by atoms with E-state index in [-0.39, 0.29) is 11.8 Å². The minimum atomic E-state index is -0.309. The number of nitrogens with zero attached hydrogens (tertiary/aromatic N) is 1. The number of anilines is 1. The number of fused-ring (bicyclic) bond motifs is 1. The zero-order valence-corrected chi connectivity index (χ0v) is 12.2. The van der Waals surface area contributed by atoms with E-state index in [1.165, 1.54) is 4.90 Å².